The number of hydrogen-bond donors (Lipinski definition) is 2. The number of carbonyl (C=O) groups excluding carboxylic acids is 2. The Labute approximate surface area is 156 Å². The van der Waals surface area contributed by atoms with E-state index in [0.29, 0.717) is 11.4 Å². The molecule has 0 aliphatic carbocycles. The molecule has 1 aromatic heterocycles. The van der Waals surface area contributed by atoms with Crippen LogP contribution in [0.25, 0.3) is 10.6 Å². The van der Waals surface area contributed by atoms with Crippen LogP contribution in [0.3, 0.4) is 0 Å². The van der Waals surface area contributed by atoms with Gasteiger partial charge in [-0.2, -0.15) is 0 Å². The van der Waals surface area contributed by atoms with Crippen molar-refractivity contribution in [2.45, 2.75) is 20.3 Å². The molecule has 1 heterocycles. The van der Waals surface area contributed by atoms with Crippen LogP contribution in [0.15, 0.2) is 53.9 Å². The maximum absolute atomic E-state index is 12.2. The van der Waals surface area contributed by atoms with Crippen LogP contribution in [0.1, 0.15) is 18.2 Å². The Kier molecular flexibility index (Phi) is 5.43. The molecule has 3 aromatic rings. The van der Waals surface area contributed by atoms with Gasteiger partial charge in [-0.25, -0.2) is 4.98 Å². The number of nitrogens with zero attached hydrogens (tertiary/aromatic N) is 1. The van der Waals surface area contributed by atoms with Crippen molar-refractivity contribution in [3.63, 3.8) is 0 Å². The van der Waals surface area contributed by atoms with Crippen molar-refractivity contribution in [2.24, 2.45) is 0 Å². The summed E-state index contributed by atoms with van der Waals surface area (Å²) in [6.45, 7) is 3.50. The molecule has 3 rings (SSSR count). The van der Waals surface area contributed by atoms with E-state index in [2.05, 4.69) is 15.6 Å². The van der Waals surface area contributed by atoms with Crippen LogP contribution in [0.4, 0.5) is 11.4 Å². The third-order valence-corrected chi connectivity index (χ3v) is 4.62. The molecule has 0 aliphatic rings. The first-order valence-electron chi connectivity index (χ1n) is 8.18. The number of anilines is 2. The van der Waals surface area contributed by atoms with Crippen LogP contribution in [0.5, 0.6) is 0 Å². The summed E-state index contributed by atoms with van der Waals surface area (Å²) < 4.78 is 0. The van der Waals surface area contributed by atoms with Crippen LogP contribution in [0, 0.1) is 6.92 Å². The van der Waals surface area contributed by atoms with Gasteiger partial charge in [-0.3, -0.25) is 9.59 Å². The van der Waals surface area contributed by atoms with E-state index in [4.69, 9.17) is 0 Å². The van der Waals surface area contributed by atoms with Crippen LogP contribution in [0.2, 0.25) is 0 Å². The minimum absolute atomic E-state index is 0.127. The molecule has 0 atom stereocenters. The first-order chi connectivity index (χ1) is 12.5. The molecule has 0 bridgehead atoms. The summed E-state index contributed by atoms with van der Waals surface area (Å²) in [4.78, 5) is 27.8. The molecule has 2 N–H and O–H groups in total. The van der Waals surface area contributed by atoms with E-state index in [9.17, 15) is 9.59 Å². The third-order valence-electron chi connectivity index (χ3n) is 3.68. The van der Waals surface area contributed by atoms with Crippen molar-refractivity contribution >= 4 is 34.5 Å². The number of nitrogens with one attached hydrogen (secondary N) is 2. The van der Waals surface area contributed by atoms with Crippen LogP contribution in [-0.4, -0.2) is 16.8 Å². The summed E-state index contributed by atoms with van der Waals surface area (Å²) in [5.41, 5.74) is 4.38. The lowest BCUT2D eigenvalue weighted by molar-refractivity contribution is -0.116. The summed E-state index contributed by atoms with van der Waals surface area (Å²) in [7, 11) is 0. The monoisotopic (exact) mass is 365 g/mol. The minimum Gasteiger partial charge on any atom is -0.326 e. The Hall–Kier alpha value is -2.99. The second-order valence-electron chi connectivity index (χ2n) is 5.99. The largest absolute Gasteiger partial charge is 0.326 e. The van der Waals surface area contributed by atoms with Crippen molar-refractivity contribution in [3.05, 3.63) is 65.2 Å². The van der Waals surface area contributed by atoms with Gasteiger partial charge in [0.05, 0.1) is 12.1 Å². The number of hydrogen-bond acceptors (Lipinski definition) is 4. The molecule has 0 spiro atoms. The molecule has 0 fully saturated rings. The van der Waals surface area contributed by atoms with E-state index in [1.165, 1.54) is 23.8 Å². The molecule has 5 nitrogen and oxygen atoms in total. The Bertz CT molecular complexity index is 915. The molecule has 6 heteroatoms. The van der Waals surface area contributed by atoms with Crippen LogP contribution in [-0.2, 0) is 16.0 Å². The zero-order chi connectivity index (χ0) is 18.5. The Morgan fingerprint density at radius 3 is 2.19 bits per heavy atom. The second kappa shape index (κ2) is 7.93. The molecule has 0 aliphatic heterocycles. The third kappa shape index (κ3) is 4.77. The number of rotatable bonds is 5. The summed E-state index contributed by atoms with van der Waals surface area (Å²) in [6.07, 6.45) is 0.218. The van der Waals surface area contributed by atoms with Gasteiger partial charge in [0.15, 0.2) is 0 Å². The molecule has 132 valence electrons. The fourth-order valence-corrected chi connectivity index (χ4v) is 3.25. The van der Waals surface area contributed by atoms with Crippen LogP contribution >= 0.6 is 11.3 Å². The van der Waals surface area contributed by atoms with Crippen molar-refractivity contribution in [1.29, 1.82) is 0 Å². The van der Waals surface area contributed by atoms with Gasteiger partial charge in [0.25, 0.3) is 0 Å². The predicted molar refractivity (Wildman–Crippen MR) is 105 cm³/mol. The molecule has 0 saturated heterocycles. The zero-order valence-corrected chi connectivity index (χ0v) is 15.4. The summed E-state index contributed by atoms with van der Waals surface area (Å²) >= 11 is 1.53. The Balaban J connectivity index is 1.60. The first kappa shape index (κ1) is 17.8. The van der Waals surface area contributed by atoms with Gasteiger partial charge in [0.1, 0.15) is 5.01 Å². The number of carbonyl (C=O) groups is 2. The first-order valence-corrected chi connectivity index (χ1v) is 9.06. The van der Waals surface area contributed by atoms with Gasteiger partial charge in [0.2, 0.25) is 11.8 Å². The average Bonchev–Trinajstić information content (AvgIpc) is 3.05. The van der Waals surface area contributed by atoms with Crippen molar-refractivity contribution in [2.75, 3.05) is 10.6 Å². The molecule has 0 radical (unpaired) electrons. The summed E-state index contributed by atoms with van der Waals surface area (Å²) in [5.74, 6) is -0.257. The van der Waals surface area contributed by atoms with Gasteiger partial charge >= 0.3 is 0 Å². The van der Waals surface area contributed by atoms with Gasteiger partial charge < -0.3 is 10.6 Å². The lowest BCUT2D eigenvalue weighted by Crippen LogP contribution is -2.14. The molecule has 0 saturated carbocycles. The van der Waals surface area contributed by atoms with E-state index in [0.717, 1.165) is 16.3 Å². The molecule has 26 heavy (non-hydrogen) atoms. The predicted octanol–water partition coefficient (Wildman–Crippen LogP) is 4.26. The van der Waals surface area contributed by atoms with E-state index in [1.54, 1.807) is 24.3 Å². The number of benzene rings is 2. The van der Waals surface area contributed by atoms with E-state index in [1.807, 2.05) is 36.6 Å². The van der Waals surface area contributed by atoms with Gasteiger partial charge in [-0.1, -0.05) is 29.8 Å². The highest BCUT2D eigenvalue weighted by Gasteiger charge is 2.09. The van der Waals surface area contributed by atoms with Crippen molar-refractivity contribution in [1.82, 2.24) is 4.98 Å². The molecule has 2 amide bonds. The highest BCUT2D eigenvalue weighted by molar-refractivity contribution is 7.13. The number of aromatic nitrogens is 1. The molecular weight excluding hydrogens is 346 g/mol. The Morgan fingerprint density at radius 1 is 0.962 bits per heavy atom. The maximum atomic E-state index is 12.2. The highest BCUT2D eigenvalue weighted by Crippen LogP contribution is 2.24. The standard InChI is InChI=1S/C20H19N3O2S/c1-13-3-5-15(6-4-13)20-23-18(12-26-20)11-19(25)22-17-9-7-16(8-10-17)21-14(2)24/h3-10,12H,11H2,1-2H3,(H,21,24)(H,22,25). The molecule has 0 unspecified atom stereocenters. The van der Waals surface area contributed by atoms with Gasteiger partial charge in [0, 0.05) is 29.2 Å². The van der Waals surface area contributed by atoms with Crippen LogP contribution < -0.4 is 10.6 Å². The average molecular weight is 365 g/mol. The molecule has 2 aromatic carbocycles. The van der Waals surface area contributed by atoms with Gasteiger partial charge in [-0.05, 0) is 31.2 Å². The molecular formula is C20H19N3O2S. The second-order valence-corrected chi connectivity index (χ2v) is 6.85. The van der Waals surface area contributed by atoms with E-state index in [-0.39, 0.29) is 18.2 Å². The zero-order valence-electron chi connectivity index (χ0n) is 14.6. The maximum Gasteiger partial charge on any atom is 0.230 e. The normalized spacial score (nSPS) is 10.4. The number of amides is 2. The van der Waals surface area contributed by atoms with Gasteiger partial charge in [-0.15, -0.1) is 11.3 Å². The van der Waals surface area contributed by atoms with Crippen molar-refractivity contribution in [3.8, 4) is 10.6 Å². The smallest absolute Gasteiger partial charge is 0.230 e. The minimum atomic E-state index is -0.130. The quantitative estimate of drug-likeness (QED) is 0.710. The van der Waals surface area contributed by atoms with E-state index >= 15 is 0 Å². The fourth-order valence-electron chi connectivity index (χ4n) is 2.43. The van der Waals surface area contributed by atoms with Crippen molar-refractivity contribution < 1.29 is 9.59 Å². The lowest BCUT2D eigenvalue weighted by atomic mass is 10.2. The summed E-state index contributed by atoms with van der Waals surface area (Å²) in [5, 5.41) is 8.35. The lowest BCUT2D eigenvalue weighted by Gasteiger charge is -2.06. The highest BCUT2D eigenvalue weighted by atomic mass is 32.1. The number of thiazole rings is 1. The fraction of sp³-hybridized carbons (Fsp3) is 0.150. The Morgan fingerprint density at radius 2 is 1.58 bits per heavy atom. The topological polar surface area (TPSA) is 71.1 Å². The SMILES string of the molecule is CC(=O)Nc1ccc(NC(=O)Cc2csc(-c3ccc(C)cc3)n2)cc1. The summed E-state index contributed by atoms with van der Waals surface area (Å²) in [6, 6.07) is 15.2. The van der Waals surface area contributed by atoms with E-state index < -0.39 is 0 Å². The number of aryl methyl sites for hydroxylation is 1.